The first-order valence-corrected chi connectivity index (χ1v) is 10.2. The maximum Gasteiger partial charge on any atom is 0.131 e. The van der Waals surface area contributed by atoms with Crippen LogP contribution in [0.3, 0.4) is 0 Å². The predicted octanol–water partition coefficient (Wildman–Crippen LogP) is 6.96. The highest BCUT2D eigenvalue weighted by Crippen LogP contribution is 2.45. The van der Waals surface area contributed by atoms with Crippen molar-refractivity contribution in [2.75, 3.05) is 0 Å². The molecule has 0 bridgehead atoms. The third-order valence-electron chi connectivity index (χ3n) is 6.98. The highest BCUT2D eigenvalue weighted by Gasteiger charge is 2.33. The van der Waals surface area contributed by atoms with Crippen molar-refractivity contribution in [1.82, 2.24) is 0 Å². The van der Waals surface area contributed by atoms with Crippen LogP contribution in [-0.2, 0) is 0 Å². The van der Waals surface area contributed by atoms with Crippen molar-refractivity contribution in [2.24, 2.45) is 17.8 Å². The fourth-order valence-corrected chi connectivity index (χ4v) is 5.17. The molecule has 24 heavy (non-hydrogen) atoms. The molecule has 0 aromatic carbocycles. The molecule has 2 radical (unpaired) electrons. The van der Waals surface area contributed by atoms with Gasteiger partial charge in [0.25, 0.3) is 0 Å². The molecule has 0 heterocycles. The summed E-state index contributed by atoms with van der Waals surface area (Å²) in [6, 6.07) is 0. The van der Waals surface area contributed by atoms with Crippen molar-refractivity contribution < 1.29 is 8.78 Å². The van der Waals surface area contributed by atoms with Gasteiger partial charge in [0.1, 0.15) is 12.3 Å². The van der Waals surface area contributed by atoms with E-state index in [4.69, 9.17) is 0 Å². The number of halogens is 2. The van der Waals surface area contributed by atoms with Crippen LogP contribution in [-0.4, -0.2) is 12.3 Å². The van der Waals surface area contributed by atoms with Gasteiger partial charge in [0.05, 0.1) is 0 Å². The highest BCUT2D eigenvalue weighted by atomic mass is 19.2. The number of hydrogen-bond donors (Lipinski definition) is 0. The Morgan fingerprint density at radius 1 is 0.875 bits per heavy atom. The summed E-state index contributed by atoms with van der Waals surface area (Å²) >= 11 is 0. The quantitative estimate of drug-likeness (QED) is 0.476. The minimum Gasteiger partial charge on any atom is -0.244 e. The monoisotopic (exact) mass is 336 g/mol. The predicted molar refractivity (Wildman–Crippen MR) is 97.0 cm³/mol. The van der Waals surface area contributed by atoms with Gasteiger partial charge in [-0.15, -0.1) is 6.58 Å². The van der Waals surface area contributed by atoms with Gasteiger partial charge in [-0.1, -0.05) is 6.08 Å². The van der Waals surface area contributed by atoms with E-state index in [0.717, 1.165) is 31.1 Å². The molecule has 0 saturated heterocycles. The molecule has 0 aromatic heterocycles. The Balaban J connectivity index is 1.33. The summed E-state index contributed by atoms with van der Waals surface area (Å²) in [6.07, 6.45) is 14.3. The number of alkyl halides is 2. The topological polar surface area (TPSA) is 0 Å². The molecule has 2 heteroatoms. The largest absolute Gasteiger partial charge is 0.244 e. The summed E-state index contributed by atoms with van der Waals surface area (Å²) in [4.78, 5) is 0. The molecule has 0 amide bonds. The van der Waals surface area contributed by atoms with Crippen LogP contribution in [0.1, 0.15) is 83.5 Å². The second kappa shape index (κ2) is 8.81. The summed E-state index contributed by atoms with van der Waals surface area (Å²) in [5, 5.41) is 0. The Morgan fingerprint density at radius 3 is 2.21 bits per heavy atom. The minimum atomic E-state index is -1.20. The molecule has 3 unspecified atom stereocenters. The molecule has 0 spiro atoms. The summed E-state index contributed by atoms with van der Waals surface area (Å²) in [5.41, 5.74) is 0. The van der Waals surface area contributed by atoms with Crippen molar-refractivity contribution in [3.8, 4) is 0 Å². The lowest BCUT2D eigenvalue weighted by molar-refractivity contribution is 0.0861. The summed E-state index contributed by atoms with van der Waals surface area (Å²) < 4.78 is 26.7. The van der Waals surface area contributed by atoms with E-state index in [0.29, 0.717) is 18.8 Å². The Morgan fingerprint density at radius 2 is 1.58 bits per heavy atom. The van der Waals surface area contributed by atoms with E-state index in [9.17, 15) is 8.78 Å². The van der Waals surface area contributed by atoms with E-state index in [-0.39, 0.29) is 0 Å². The second-order valence-corrected chi connectivity index (χ2v) is 8.51. The van der Waals surface area contributed by atoms with Crippen molar-refractivity contribution >= 4 is 0 Å². The molecule has 3 rings (SSSR count). The van der Waals surface area contributed by atoms with Crippen molar-refractivity contribution in [1.29, 1.82) is 0 Å². The van der Waals surface area contributed by atoms with Gasteiger partial charge in [-0.3, -0.25) is 0 Å². The molecule has 3 fully saturated rings. The maximum atomic E-state index is 13.5. The van der Waals surface area contributed by atoms with Crippen molar-refractivity contribution in [3.05, 3.63) is 24.5 Å². The van der Waals surface area contributed by atoms with Crippen LogP contribution in [0.5, 0.6) is 0 Å². The van der Waals surface area contributed by atoms with Gasteiger partial charge in [0.15, 0.2) is 0 Å². The van der Waals surface area contributed by atoms with Gasteiger partial charge in [-0.2, -0.15) is 0 Å². The number of hydrogen-bond acceptors (Lipinski definition) is 0. The Kier molecular flexibility index (Phi) is 6.75. The van der Waals surface area contributed by atoms with Crippen LogP contribution >= 0.6 is 0 Å². The lowest BCUT2D eigenvalue weighted by Crippen LogP contribution is -2.28. The zero-order valence-electron chi connectivity index (χ0n) is 15.1. The van der Waals surface area contributed by atoms with Crippen LogP contribution in [0.25, 0.3) is 0 Å². The molecule has 136 valence electrons. The van der Waals surface area contributed by atoms with Gasteiger partial charge in [-0.05, 0) is 113 Å². The fraction of sp³-hybridized carbons (Fsp3) is 0.818. The van der Waals surface area contributed by atoms with Crippen LogP contribution in [0.15, 0.2) is 12.7 Å². The first-order chi connectivity index (χ1) is 11.7. The normalized spacial score (nSPS) is 35.2. The van der Waals surface area contributed by atoms with Crippen molar-refractivity contribution in [2.45, 2.75) is 95.8 Å². The molecule has 3 saturated carbocycles. The average Bonchev–Trinajstić information content (AvgIpc) is 2.63. The standard InChI is InChI=1S/C22H34F2/c1-2-16-5-10-19(11-6-16)20-12-7-17(8-13-20)3-4-18-9-14-21(23)22(24)15-18/h2,16,18,20-22H,1,3-15H2. The van der Waals surface area contributed by atoms with Crippen LogP contribution in [0.4, 0.5) is 8.78 Å². The average molecular weight is 337 g/mol. The Labute approximate surface area is 147 Å². The smallest absolute Gasteiger partial charge is 0.131 e. The molecular weight excluding hydrogens is 302 g/mol. The van der Waals surface area contributed by atoms with Gasteiger partial charge in [-0.25, -0.2) is 8.78 Å². The molecular formula is C22H34F2. The molecule has 3 aliphatic carbocycles. The number of allylic oxidation sites excluding steroid dienone is 1. The summed E-state index contributed by atoms with van der Waals surface area (Å²) in [7, 11) is 0. The van der Waals surface area contributed by atoms with Crippen LogP contribution in [0.2, 0.25) is 0 Å². The van der Waals surface area contributed by atoms with E-state index in [2.05, 4.69) is 12.7 Å². The van der Waals surface area contributed by atoms with Crippen molar-refractivity contribution in [3.63, 3.8) is 0 Å². The Bertz CT molecular complexity index is 377. The maximum absolute atomic E-state index is 13.5. The molecule has 0 aliphatic heterocycles. The lowest BCUT2D eigenvalue weighted by atomic mass is 9.68. The third-order valence-corrected chi connectivity index (χ3v) is 6.98. The minimum absolute atomic E-state index is 0.417. The molecule has 0 nitrogen and oxygen atoms in total. The summed E-state index contributed by atoms with van der Waals surface area (Å²) in [5.74, 6) is 5.55. The van der Waals surface area contributed by atoms with E-state index in [1.807, 2.05) is 5.92 Å². The van der Waals surface area contributed by atoms with Crippen LogP contribution in [0, 0.1) is 29.6 Å². The first-order valence-electron chi connectivity index (χ1n) is 10.2. The first kappa shape index (κ1) is 18.4. The molecule has 0 aromatic rings. The fourth-order valence-electron chi connectivity index (χ4n) is 5.17. The second-order valence-electron chi connectivity index (χ2n) is 8.51. The Hall–Kier alpha value is -0.400. The van der Waals surface area contributed by atoms with E-state index < -0.39 is 12.3 Å². The van der Waals surface area contributed by atoms with Gasteiger partial charge < -0.3 is 0 Å². The highest BCUT2D eigenvalue weighted by molar-refractivity contribution is 5.07. The van der Waals surface area contributed by atoms with E-state index in [1.165, 1.54) is 51.4 Å². The van der Waals surface area contributed by atoms with Gasteiger partial charge >= 0.3 is 0 Å². The lowest BCUT2D eigenvalue weighted by Gasteiger charge is -2.37. The summed E-state index contributed by atoms with van der Waals surface area (Å²) in [6.45, 7) is 3.94. The van der Waals surface area contributed by atoms with E-state index >= 15 is 0 Å². The zero-order chi connectivity index (χ0) is 16.9. The van der Waals surface area contributed by atoms with Gasteiger partial charge in [0.2, 0.25) is 0 Å². The molecule has 3 aliphatic rings. The van der Waals surface area contributed by atoms with Gasteiger partial charge in [0, 0.05) is 0 Å². The number of rotatable bonds is 5. The SMILES string of the molecule is C=CC1CC[C](C2CC[C](CCC3CCC(F)C(F)C3)CC2)CC1. The van der Waals surface area contributed by atoms with E-state index in [1.54, 1.807) is 5.92 Å². The van der Waals surface area contributed by atoms with Crippen LogP contribution < -0.4 is 0 Å². The third kappa shape index (κ3) is 4.82. The molecule has 0 N–H and O–H groups in total. The molecule has 3 atom stereocenters. The zero-order valence-corrected chi connectivity index (χ0v) is 15.1.